The van der Waals surface area contributed by atoms with Crippen molar-refractivity contribution in [2.24, 2.45) is 0 Å². The molecule has 0 radical (unpaired) electrons. The molecule has 0 aliphatic carbocycles. The Hall–Kier alpha value is -3.92. The number of hydrogen-bond acceptors (Lipinski definition) is 6. The predicted octanol–water partition coefficient (Wildman–Crippen LogP) is 2.38. The van der Waals surface area contributed by atoms with Crippen LogP contribution in [0, 0.1) is 12.7 Å². The molecular weight excluding hydrogens is 425 g/mol. The molecule has 0 spiro atoms. The second-order valence-corrected chi connectivity index (χ2v) is 7.83. The molecule has 1 atom stereocenters. The van der Waals surface area contributed by atoms with Crippen LogP contribution in [0.3, 0.4) is 0 Å². The van der Waals surface area contributed by atoms with Crippen LogP contribution in [0.5, 0.6) is 0 Å². The molecule has 1 aliphatic heterocycles. The number of ether oxygens (including phenoxy) is 1. The number of rotatable bonds is 5. The standard InChI is InChI=1S/C23H22FN7O2/c1-16-5-6-20(31-27-9-10-28-31)21(22(16)24)23(32)29-11-12-33-15-19(29)14-17-3-2-4-18(13-17)30-25-7-8-26-30/h2-10,13,19H,11-12,14-15H2,1H3. The third-order valence-electron chi connectivity index (χ3n) is 5.68. The van der Waals surface area contributed by atoms with Gasteiger partial charge in [0.1, 0.15) is 17.1 Å². The summed E-state index contributed by atoms with van der Waals surface area (Å²) in [6.45, 7) is 2.75. The van der Waals surface area contributed by atoms with Gasteiger partial charge >= 0.3 is 0 Å². The maximum Gasteiger partial charge on any atom is 0.259 e. The summed E-state index contributed by atoms with van der Waals surface area (Å²) in [5, 5.41) is 16.5. The maximum atomic E-state index is 15.3. The van der Waals surface area contributed by atoms with E-state index >= 15 is 4.39 Å². The molecule has 4 aromatic rings. The van der Waals surface area contributed by atoms with Crippen LogP contribution >= 0.6 is 0 Å². The van der Waals surface area contributed by atoms with E-state index in [2.05, 4.69) is 20.4 Å². The molecule has 0 saturated carbocycles. The Kier molecular flexibility index (Phi) is 5.66. The smallest absolute Gasteiger partial charge is 0.259 e. The van der Waals surface area contributed by atoms with Crippen molar-refractivity contribution in [3.8, 4) is 11.4 Å². The first-order chi connectivity index (χ1) is 16.1. The summed E-state index contributed by atoms with van der Waals surface area (Å²) in [5.74, 6) is -0.964. The fourth-order valence-corrected chi connectivity index (χ4v) is 4.04. The average molecular weight is 447 g/mol. The molecule has 1 amide bonds. The van der Waals surface area contributed by atoms with Gasteiger partial charge in [-0.05, 0) is 42.7 Å². The fourth-order valence-electron chi connectivity index (χ4n) is 4.04. The third kappa shape index (κ3) is 4.12. The lowest BCUT2D eigenvalue weighted by Gasteiger charge is -2.36. The molecule has 33 heavy (non-hydrogen) atoms. The molecule has 1 fully saturated rings. The molecule has 0 N–H and O–H groups in total. The van der Waals surface area contributed by atoms with Crippen molar-refractivity contribution >= 4 is 5.91 Å². The number of amides is 1. The van der Waals surface area contributed by atoms with Crippen molar-refractivity contribution in [3.05, 3.63) is 83.7 Å². The van der Waals surface area contributed by atoms with Crippen LogP contribution in [-0.2, 0) is 11.2 Å². The van der Waals surface area contributed by atoms with Gasteiger partial charge in [0, 0.05) is 6.54 Å². The quantitative estimate of drug-likeness (QED) is 0.467. The predicted molar refractivity (Wildman–Crippen MR) is 117 cm³/mol. The zero-order valence-electron chi connectivity index (χ0n) is 18.0. The van der Waals surface area contributed by atoms with Crippen LogP contribution in [-0.4, -0.2) is 66.6 Å². The van der Waals surface area contributed by atoms with Gasteiger partial charge < -0.3 is 9.64 Å². The normalized spacial score (nSPS) is 16.2. The molecule has 3 heterocycles. The molecule has 1 saturated heterocycles. The zero-order chi connectivity index (χ0) is 22.8. The van der Waals surface area contributed by atoms with E-state index < -0.39 is 11.7 Å². The van der Waals surface area contributed by atoms with Crippen molar-refractivity contribution in [1.29, 1.82) is 0 Å². The fraction of sp³-hybridized carbons (Fsp3) is 0.261. The molecule has 2 aromatic heterocycles. The Morgan fingerprint density at radius 2 is 1.79 bits per heavy atom. The lowest BCUT2D eigenvalue weighted by molar-refractivity contribution is -0.00189. The number of aromatic nitrogens is 6. The van der Waals surface area contributed by atoms with Crippen LogP contribution in [0.25, 0.3) is 11.4 Å². The number of morpholine rings is 1. The summed E-state index contributed by atoms with van der Waals surface area (Å²) < 4.78 is 20.9. The lowest BCUT2D eigenvalue weighted by Crippen LogP contribution is -2.50. The first-order valence-electron chi connectivity index (χ1n) is 10.6. The van der Waals surface area contributed by atoms with Gasteiger partial charge in [0.2, 0.25) is 0 Å². The zero-order valence-corrected chi connectivity index (χ0v) is 18.0. The van der Waals surface area contributed by atoms with E-state index in [0.29, 0.717) is 37.4 Å². The van der Waals surface area contributed by atoms with Gasteiger partial charge in [-0.2, -0.15) is 30.0 Å². The van der Waals surface area contributed by atoms with Gasteiger partial charge in [-0.25, -0.2) is 4.39 Å². The minimum Gasteiger partial charge on any atom is -0.377 e. The molecule has 2 aromatic carbocycles. The maximum absolute atomic E-state index is 15.3. The van der Waals surface area contributed by atoms with E-state index in [1.807, 2.05) is 24.3 Å². The van der Waals surface area contributed by atoms with Crippen molar-refractivity contribution in [2.75, 3.05) is 19.8 Å². The third-order valence-corrected chi connectivity index (χ3v) is 5.68. The minimum absolute atomic E-state index is 0.0346. The number of hydrogen-bond donors (Lipinski definition) is 0. The first-order valence-corrected chi connectivity index (χ1v) is 10.6. The van der Waals surface area contributed by atoms with E-state index in [-0.39, 0.29) is 11.6 Å². The number of aryl methyl sites for hydroxylation is 1. The molecular formula is C23H22FN7O2. The lowest BCUT2D eigenvalue weighted by atomic mass is 10.0. The number of nitrogens with zero attached hydrogens (tertiary/aromatic N) is 7. The van der Waals surface area contributed by atoms with Crippen LogP contribution in [0.2, 0.25) is 0 Å². The Morgan fingerprint density at radius 1 is 1.06 bits per heavy atom. The highest BCUT2D eigenvalue weighted by Gasteiger charge is 2.32. The van der Waals surface area contributed by atoms with E-state index in [1.165, 1.54) is 22.0 Å². The van der Waals surface area contributed by atoms with Crippen molar-refractivity contribution in [3.63, 3.8) is 0 Å². The van der Waals surface area contributed by atoms with Gasteiger partial charge in [0.15, 0.2) is 0 Å². The largest absolute Gasteiger partial charge is 0.377 e. The highest BCUT2D eigenvalue weighted by atomic mass is 19.1. The summed E-state index contributed by atoms with van der Waals surface area (Å²) in [6, 6.07) is 10.8. The van der Waals surface area contributed by atoms with Crippen LogP contribution < -0.4 is 0 Å². The van der Waals surface area contributed by atoms with Gasteiger partial charge in [0.05, 0.1) is 49.7 Å². The SMILES string of the molecule is Cc1ccc(-n2nccn2)c(C(=O)N2CCOCC2Cc2cccc(-n3nccn3)c2)c1F. The van der Waals surface area contributed by atoms with Gasteiger partial charge in [-0.1, -0.05) is 18.2 Å². The Labute approximate surface area is 189 Å². The average Bonchev–Trinajstić information content (AvgIpc) is 3.56. The van der Waals surface area contributed by atoms with Crippen LogP contribution in [0.15, 0.2) is 61.2 Å². The first kappa shape index (κ1) is 21.0. The molecule has 10 heteroatoms. The number of halogens is 1. The second-order valence-electron chi connectivity index (χ2n) is 7.83. The van der Waals surface area contributed by atoms with Crippen molar-refractivity contribution < 1.29 is 13.9 Å². The number of carbonyl (C=O) groups excluding carboxylic acids is 1. The topological polar surface area (TPSA) is 91.0 Å². The summed E-state index contributed by atoms with van der Waals surface area (Å²) in [4.78, 5) is 18.2. The van der Waals surface area contributed by atoms with Gasteiger partial charge in [0.25, 0.3) is 5.91 Å². The van der Waals surface area contributed by atoms with Crippen LogP contribution in [0.1, 0.15) is 21.5 Å². The van der Waals surface area contributed by atoms with E-state index in [4.69, 9.17) is 4.74 Å². The van der Waals surface area contributed by atoms with E-state index in [1.54, 1.807) is 36.4 Å². The molecule has 0 bridgehead atoms. The Morgan fingerprint density at radius 3 is 2.55 bits per heavy atom. The van der Waals surface area contributed by atoms with Crippen molar-refractivity contribution in [2.45, 2.75) is 19.4 Å². The molecule has 5 rings (SSSR count). The van der Waals surface area contributed by atoms with Crippen molar-refractivity contribution in [1.82, 2.24) is 34.9 Å². The second kappa shape index (κ2) is 8.91. The van der Waals surface area contributed by atoms with Crippen LogP contribution in [0.4, 0.5) is 4.39 Å². The number of benzene rings is 2. The molecule has 168 valence electrons. The van der Waals surface area contributed by atoms with E-state index in [9.17, 15) is 4.79 Å². The summed E-state index contributed by atoms with van der Waals surface area (Å²) in [5.41, 5.74) is 2.48. The monoisotopic (exact) mass is 447 g/mol. The highest BCUT2D eigenvalue weighted by Crippen LogP contribution is 2.25. The Bertz CT molecular complexity index is 1260. The molecule has 1 unspecified atom stereocenters. The highest BCUT2D eigenvalue weighted by molar-refractivity contribution is 5.98. The summed E-state index contributed by atoms with van der Waals surface area (Å²) in [7, 11) is 0. The number of carbonyl (C=O) groups is 1. The molecule has 9 nitrogen and oxygen atoms in total. The minimum atomic E-state index is -0.563. The van der Waals surface area contributed by atoms with Gasteiger partial charge in [-0.15, -0.1) is 0 Å². The molecule has 1 aliphatic rings. The van der Waals surface area contributed by atoms with Gasteiger partial charge in [-0.3, -0.25) is 4.79 Å². The van der Waals surface area contributed by atoms with E-state index in [0.717, 1.165) is 11.3 Å². The summed E-state index contributed by atoms with van der Waals surface area (Å²) >= 11 is 0. The Balaban J connectivity index is 1.46. The summed E-state index contributed by atoms with van der Waals surface area (Å²) in [6.07, 6.45) is 6.76.